The zero-order valence-electron chi connectivity index (χ0n) is 11.1. The summed E-state index contributed by atoms with van der Waals surface area (Å²) in [5, 5.41) is 19.7. The van der Waals surface area contributed by atoms with Crippen LogP contribution in [0.2, 0.25) is 0 Å². The minimum absolute atomic E-state index is 0.293. The molecule has 4 N–H and O–H groups in total. The van der Waals surface area contributed by atoms with Crippen molar-refractivity contribution in [3.8, 4) is 0 Å². The van der Waals surface area contributed by atoms with Crippen molar-refractivity contribution in [2.75, 3.05) is 12.3 Å². The van der Waals surface area contributed by atoms with Crippen molar-refractivity contribution in [1.29, 1.82) is 0 Å². The summed E-state index contributed by atoms with van der Waals surface area (Å²) in [4.78, 5) is 8.04. The van der Waals surface area contributed by atoms with Gasteiger partial charge >= 0.3 is 0 Å². The number of halogens is 2. The number of nitrogen functional groups attached to an aromatic ring is 1. The van der Waals surface area contributed by atoms with E-state index >= 15 is 0 Å². The van der Waals surface area contributed by atoms with E-state index in [1.807, 2.05) is 0 Å². The lowest BCUT2D eigenvalue weighted by Gasteiger charge is -2.25. The average Bonchev–Trinajstić information content (AvgIpc) is 2.87. The summed E-state index contributed by atoms with van der Waals surface area (Å²) in [5.74, 6) is 0.293. The van der Waals surface area contributed by atoms with Gasteiger partial charge < -0.3 is 25.3 Å². The molecule has 0 aromatic carbocycles. The molecule has 21 heavy (non-hydrogen) atoms. The number of nitrogens with zero attached hydrogens (tertiary/aromatic N) is 3. The second-order valence-electron chi connectivity index (χ2n) is 5.15. The van der Waals surface area contributed by atoms with Gasteiger partial charge in [-0.1, -0.05) is 0 Å². The van der Waals surface area contributed by atoms with Crippen molar-refractivity contribution >= 4 is 39.4 Å². The standard InChI is InChI=1S/C12H14FIN4O3/c1-12(13)8(20)6(3-19)21-11(12)18-2-5(14)7-9(15)16-4-17-10(7)18/h2,4,6,8,11,19-20H,3H2,1H3,(H2,15,16,17)/t6?,8-,11?,12-/m1/s1. The number of aliphatic hydroxyl groups excluding tert-OH is 2. The predicted molar refractivity (Wildman–Crippen MR) is 81.2 cm³/mol. The molecule has 0 bridgehead atoms. The minimum Gasteiger partial charge on any atom is -0.394 e. The van der Waals surface area contributed by atoms with Crippen LogP contribution in [0.5, 0.6) is 0 Å². The Kier molecular flexibility index (Phi) is 3.55. The zero-order chi connectivity index (χ0) is 15.4. The maximum absolute atomic E-state index is 14.8. The van der Waals surface area contributed by atoms with Gasteiger partial charge in [0.25, 0.3) is 0 Å². The Morgan fingerprint density at radius 2 is 2.29 bits per heavy atom. The highest BCUT2D eigenvalue weighted by molar-refractivity contribution is 14.1. The normalized spacial score (nSPS) is 32.9. The van der Waals surface area contributed by atoms with E-state index < -0.39 is 30.7 Å². The minimum atomic E-state index is -2.07. The number of ether oxygens (including phenoxy) is 1. The first-order valence-corrected chi connectivity index (χ1v) is 7.35. The smallest absolute Gasteiger partial charge is 0.181 e. The summed E-state index contributed by atoms with van der Waals surface area (Å²) < 4.78 is 22.5. The molecule has 1 aliphatic rings. The number of hydrogen-bond donors (Lipinski definition) is 3. The maximum atomic E-state index is 14.8. The SMILES string of the molecule is C[C@]1(F)C(n2cc(I)c3c(N)ncnc32)OC(CO)[C@H]1O. The van der Waals surface area contributed by atoms with Gasteiger partial charge in [-0.25, -0.2) is 14.4 Å². The van der Waals surface area contributed by atoms with Gasteiger partial charge in [-0.15, -0.1) is 0 Å². The lowest BCUT2D eigenvalue weighted by molar-refractivity contribution is -0.0564. The molecule has 1 saturated heterocycles. The van der Waals surface area contributed by atoms with Crippen molar-refractivity contribution in [1.82, 2.24) is 14.5 Å². The van der Waals surface area contributed by atoms with Gasteiger partial charge in [-0.3, -0.25) is 0 Å². The first-order chi connectivity index (χ1) is 9.87. The van der Waals surface area contributed by atoms with Gasteiger partial charge in [0.15, 0.2) is 11.9 Å². The van der Waals surface area contributed by atoms with Crippen molar-refractivity contribution in [2.24, 2.45) is 0 Å². The molecular weight excluding hydrogens is 394 g/mol. The van der Waals surface area contributed by atoms with E-state index in [0.717, 1.165) is 3.57 Å². The summed E-state index contributed by atoms with van der Waals surface area (Å²) in [6.45, 7) is 0.770. The highest BCUT2D eigenvalue weighted by Crippen LogP contribution is 2.43. The highest BCUT2D eigenvalue weighted by Gasteiger charge is 2.55. The van der Waals surface area contributed by atoms with Crippen molar-refractivity contribution < 1.29 is 19.3 Å². The van der Waals surface area contributed by atoms with Crippen LogP contribution in [0.25, 0.3) is 11.0 Å². The fraction of sp³-hybridized carbons (Fsp3) is 0.500. The van der Waals surface area contributed by atoms with Gasteiger partial charge in [0.1, 0.15) is 30.0 Å². The first-order valence-electron chi connectivity index (χ1n) is 6.27. The number of aliphatic hydroxyl groups is 2. The summed E-state index contributed by atoms with van der Waals surface area (Å²) in [5.41, 5.74) is 4.18. The number of aromatic nitrogens is 3. The third-order valence-electron chi connectivity index (χ3n) is 3.74. The molecular formula is C12H14FIN4O3. The average molecular weight is 408 g/mol. The molecule has 0 amide bonds. The molecule has 0 spiro atoms. The molecule has 2 aromatic rings. The van der Waals surface area contributed by atoms with Gasteiger partial charge in [0, 0.05) is 9.77 Å². The van der Waals surface area contributed by atoms with E-state index in [0.29, 0.717) is 16.9 Å². The summed E-state index contributed by atoms with van der Waals surface area (Å²) in [7, 11) is 0. The Balaban J connectivity index is 2.15. The lowest BCUT2D eigenvalue weighted by Crippen LogP contribution is -2.40. The van der Waals surface area contributed by atoms with Crippen LogP contribution in [-0.2, 0) is 4.74 Å². The molecule has 2 unspecified atom stereocenters. The molecule has 2 aromatic heterocycles. The van der Waals surface area contributed by atoms with Crippen LogP contribution < -0.4 is 5.73 Å². The van der Waals surface area contributed by atoms with E-state index in [2.05, 4.69) is 32.6 Å². The fourth-order valence-electron chi connectivity index (χ4n) is 2.60. The second-order valence-corrected chi connectivity index (χ2v) is 6.31. The van der Waals surface area contributed by atoms with Gasteiger partial charge in [0.05, 0.1) is 12.0 Å². The zero-order valence-corrected chi connectivity index (χ0v) is 13.2. The molecule has 1 aliphatic heterocycles. The van der Waals surface area contributed by atoms with Crippen molar-refractivity contribution in [3.05, 3.63) is 16.1 Å². The number of hydrogen-bond acceptors (Lipinski definition) is 6. The highest BCUT2D eigenvalue weighted by atomic mass is 127. The van der Waals surface area contributed by atoms with Crippen LogP contribution in [-0.4, -0.2) is 49.2 Å². The predicted octanol–water partition coefficient (Wildman–Crippen LogP) is 0.597. The van der Waals surface area contributed by atoms with Gasteiger partial charge in [-0.05, 0) is 29.5 Å². The van der Waals surface area contributed by atoms with Gasteiger partial charge in [0.2, 0.25) is 0 Å². The van der Waals surface area contributed by atoms with Crippen molar-refractivity contribution in [3.63, 3.8) is 0 Å². The molecule has 7 nitrogen and oxygen atoms in total. The quantitative estimate of drug-likeness (QED) is 0.629. The first kappa shape index (κ1) is 14.9. The Morgan fingerprint density at radius 1 is 1.57 bits per heavy atom. The van der Waals surface area contributed by atoms with Crippen LogP contribution in [0, 0.1) is 3.57 Å². The lowest BCUT2D eigenvalue weighted by atomic mass is 9.98. The molecule has 1 fully saturated rings. The van der Waals surface area contributed by atoms with Crippen LogP contribution >= 0.6 is 22.6 Å². The maximum Gasteiger partial charge on any atom is 0.181 e. The molecule has 0 radical (unpaired) electrons. The van der Waals surface area contributed by atoms with Crippen LogP contribution in [0.3, 0.4) is 0 Å². The number of alkyl halides is 1. The number of nitrogens with two attached hydrogens (primary N) is 1. The molecule has 3 rings (SSSR count). The van der Waals surface area contributed by atoms with E-state index in [9.17, 15) is 14.6 Å². The monoisotopic (exact) mass is 408 g/mol. The van der Waals surface area contributed by atoms with Crippen LogP contribution in [0.15, 0.2) is 12.5 Å². The van der Waals surface area contributed by atoms with E-state index in [-0.39, 0.29) is 0 Å². The van der Waals surface area contributed by atoms with Crippen LogP contribution in [0.4, 0.5) is 10.2 Å². The van der Waals surface area contributed by atoms with Crippen LogP contribution in [0.1, 0.15) is 13.2 Å². The molecule has 0 saturated carbocycles. The molecule has 4 atom stereocenters. The summed E-state index contributed by atoms with van der Waals surface area (Å²) in [6.07, 6.45) is -0.592. The summed E-state index contributed by atoms with van der Waals surface area (Å²) >= 11 is 2.05. The molecule has 114 valence electrons. The largest absolute Gasteiger partial charge is 0.394 e. The van der Waals surface area contributed by atoms with Gasteiger partial charge in [-0.2, -0.15) is 0 Å². The van der Waals surface area contributed by atoms with Crippen molar-refractivity contribution in [2.45, 2.75) is 31.0 Å². The number of rotatable bonds is 2. The number of anilines is 1. The second kappa shape index (κ2) is 5.00. The third kappa shape index (κ3) is 2.10. The Labute approximate surface area is 133 Å². The van der Waals surface area contributed by atoms with E-state index in [4.69, 9.17) is 10.5 Å². The molecule has 9 heteroatoms. The Hall–Kier alpha value is -1.04. The summed E-state index contributed by atoms with van der Waals surface area (Å²) in [6, 6.07) is 0. The number of fused-ring (bicyclic) bond motifs is 1. The Bertz CT molecular complexity index is 692. The van der Waals surface area contributed by atoms with E-state index in [1.54, 1.807) is 6.20 Å². The topological polar surface area (TPSA) is 106 Å². The third-order valence-corrected chi connectivity index (χ3v) is 4.56. The molecule has 3 heterocycles. The fourth-order valence-corrected chi connectivity index (χ4v) is 3.42. The van der Waals surface area contributed by atoms with E-state index in [1.165, 1.54) is 17.8 Å². The Morgan fingerprint density at radius 3 is 2.90 bits per heavy atom. The molecule has 0 aliphatic carbocycles.